The Bertz CT molecular complexity index is 1050. The summed E-state index contributed by atoms with van der Waals surface area (Å²) in [6.45, 7) is 1.13. The van der Waals surface area contributed by atoms with Crippen molar-refractivity contribution in [1.29, 1.82) is 0 Å². The number of anilines is 1. The van der Waals surface area contributed by atoms with Crippen LogP contribution in [0.4, 0.5) is 5.69 Å². The van der Waals surface area contributed by atoms with Crippen LogP contribution in [0.1, 0.15) is 21.6 Å². The van der Waals surface area contributed by atoms with Gasteiger partial charge in [0, 0.05) is 23.1 Å². The SMILES string of the molecule is O=C1COc2c(cccc2C(=O)N2CCc3c([nH]c4ccccc34)C2)N1. The topological polar surface area (TPSA) is 74.4 Å². The fourth-order valence-electron chi connectivity index (χ4n) is 3.82. The number of hydrogen-bond acceptors (Lipinski definition) is 3. The summed E-state index contributed by atoms with van der Waals surface area (Å²) in [7, 11) is 0. The first-order chi connectivity index (χ1) is 12.7. The van der Waals surface area contributed by atoms with Gasteiger partial charge in [-0.25, -0.2) is 0 Å². The minimum absolute atomic E-state index is 0.0660. The van der Waals surface area contributed by atoms with E-state index in [0.717, 1.165) is 17.6 Å². The zero-order valence-corrected chi connectivity index (χ0v) is 14.0. The number of para-hydroxylation sites is 2. The number of rotatable bonds is 1. The molecule has 2 aliphatic rings. The van der Waals surface area contributed by atoms with Gasteiger partial charge in [-0.05, 0) is 30.2 Å². The first-order valence-electron chi connectivity index (χ1n) is 8.64. The van der Waals surface area contributed by atoms with Gasteiger partial charge in [0.05, 0.1) is 17.8 Å². The van der Waals surface area contributed by atoms with Crippen LogP contribution in [-0.2, 0) is 17.8 Å². The smallest absolute Gasteiger partial charge is 0.262 e. The number of amides is 2. The number of benzene rings is 2. The molecule has 2 N–H and O–H groups in total. The molecular formula is C20H17N3O3. The Morgan fingerprint density at radius 3 is 2.92 bits per heavy atom. The minimum atomic E-state index is -0.206. The molecule has 6 nitrogen and oxygen atoms in total. The predicted octanol–water partition coefficient (Wildman–Crippen LogP) is 2.70. The number of carbonyl (C=O) groups excluding carboxylic acids is 2. The molecule has 0 fully saturated rings. The molecule has 0 unspecified atom stereocenters. The average molecular weight is 347 g/mol. The lowest BCUT2D eigenvalue weighted by atomic mass is 10.0. The lowest BCUT2D eigenvalue weighted by Crippen LogP contribution is -2.36. The molecule has 0 saturated carbocycles. The van der Waals surface area contributed by atoms with Crippen LogP contribution in [0.5, 0.6) is 5.75 Å². The van der Waals surface area contributed by atoms with E-state index in [1.54, 1.807) is 18.2 Å². The Labute approximate surface area is 149 Å². The van der Waals surface area contributed by atoms with Crippen molar-refractivity contribution in [2.75, 3.05) is 18.5 Å². The van der Waals surface area contributed by atoms with Crippen molar-refractivity contribution in [1.82, 2.24) is 9.88 Å². The monoisotopic (exact) mass is 347 g/mol. The Hall–Kier alpha value is -3.28. The molecule has 0 bridgehead atoms. The van der Waals surface area contributed by atoms with E-state index < -0.39 is 0 Å². The van der Waals surface area contributed by atoms with E-state index in [9.17, 15) is 9.59 Å². The van der Waals surface area contributed by atoms with Crippen LogP contribution >= 0.6 is 0 Å². The number of fused-ring (bicyclic) bond motifs is 4. The third-order valence-corrected chi connectivity index (χ3v) is 5.04. The van der Waals surface area contributed by atoms with Gasteiger partial charge in [0.2, 0.25) is 0 Å². The second-order valence-corrected chi connectivity index (χ2v) is 6.62. The maximum atomic E-state index is 13.1. The van der Waals surface area contributed by atoms with Crippen molar-refractivity contribution in [3.63, 3.8) is 0 Å². The van der Waals surface area contributed by atoms with Gasteiger partial charge in [0.1, 0.15) is 0 Å². The second kappa shape index (κ2) is 5.62. The summed E-state index contributed by atoms with van der Waals surface area (Å²) < 4.78 is 5.53. The zero-order chi connectivity index (χ0) is 17.7. The molecule has 3 aromatic rings. The van der Waals surface area contributed by atoms with Gasteiger partial charge >= 0.3 is 0 Å². The van der Waals surface area contributed by atoms with Crippen molar-refractivity contribution >= 4 is 28.4 Å². The van der Waals surface area contributed by atoms with E-state index in [0.29, 0.717) is 30.1 Å². The number of nitrogens with zero attached hydrogens (tertiary/aromatic N) is 1. The highest BCUT2D eigenvalue weighted by Crippen LogP contribution is 2.34. The summed E-state index contributed by atoms with van der Waals surface area (Å²) in [5, 5.41) is 3.98. The highest BCUT2D eigenvalue weighted by molar-refractivity contribution is 6.03. The number of aromatic nitrogens is 1. The molecule has 2 aliphatic heterocycles. The minimum Gasteiger partial charge on any atom is -0.481 e. The zero-order valence-electron chi connectivity index (χ0n) is 14.0. The third-order valence-electron chi connectivity index (χ3n) is 5.04. The first kappa shape index (κ1) is 15.0. The number of ether oxygens (including phenoxy) is 1. The number of aromatic amines is 1. The molecule has 3 heterocycles. The molecule has 6 heteroatoms. The summed E-state index contributed by atoms with van der Waals surface area (Å²) in [6, 6.07) is 13.5. The lowest BCUT2D eigenvalue weighted by molar-refractivity contribution is -0.118. The largest absolute Gasteiger partial charge is 0.481 e. The van der Waals surface area contributed by atoms with Gasteiger partial charge in [-0.3, -0.25) is 9.59 Å². The predicted molar refractivity (Wildman–Crippen MR) is 97.3 cm³/mol. The molecule has 0 aliphatic carbocycles. The molecular weight excluding hydrogens is 330 g/mol. The van der Waals surface area contributed by atoms with Crippen LogP contribution in [-0.4, -0.2) is 34.8 Å². The number of H-pyrrole nitrogens is 1. The van der Waals surface area contributed by atoms with E-state index in [1.165, 1.54) is 10.9 Å². The first-order valence-corrected chi connectivity index (χ1v) is 8.64. The van der Waals surface area contributed by atoms with Gasteiger partial charge in [-0.1, -0.05) is 24.3 Å². The van der Waals surface area contributed by atoms with Crippen LogP contribution in [0, 0.1) is 0 Å². The molecule has 2 aromatic carbocycles. The maximum Gasteiger partial charge on any atom is 0.262 e. The Kier molecular flexibility index (Phi) is 3.25. The number of nitrogens with one attached hydrogen (secondary N) is 2. The molecule has 0 radical (unpaired) electrons. The molecule has 130 valence electrons. The third kappa shape index (κ3) is 2.26. The van der Waals surface area contributed by atoms with Gasteiger partial charge in [-0.15, -0.1) is 0 Å². The van der Waals surface area contributed by atoms with Crippen LogP contribution in [0.2, 0.25) is 0 Å². The van der Waals surface area contributed by atoms with Crippen molar-refractivity contribution in [3.8, 4) is 5.75 Å². The Balaban J connectivity index is 1.47. The summed E-state index contributed by atoms with van der Waals surface area (Å²) >= 11 is 0. The van der Waals surface area contributed by atoms with Crippen LogP contribution in [0.25, 0.3) is 10.9 Å². The van der Waals surface area contributed by atoms with Crippen molar-refractivity contribution < 1.29 is 14.3 Å². The van der Waals surface area contributed by atoms with E-state index in [2.05, 4.69) is 22.4 Å². The highest BCUT2D eigenvalue weighted by atomic mass is 16.5. The normalized spacial score (nSPS) is 15.8. The summed E-state index contributed by atoms with van der Waals surface area (Å²) in [6.07, 6.45) is 0.817. The van der Waals surface area contributed by atoms with Gasteiger partial charge < -0.3 is 19.9 Å². The molecule has 26 heavy (non-hydrogen) atoms. The highest BCUT2D eigenvalue weighted by Gasteiger charge is 2.28. The van der Waals surface area contributed by atoms with E-state index in [-0.39, 0.29) is 18.4 Å². The second-order valence-electron chi connectivity index (χ2n) is 6.62. The van der Waals surface area contributed by atoms with E-state index in [4.69, 9.17) is 4.74 Å². The van der Waals surface area contributed by atoms with E-state index >= 15 is 0 Å². The van der Waals surface area contributed by atoms with Gasteiger partial charge in [0.15, 0.2) is 12.4 Å². The van der Waals surface area contributed by atoms with Crippen LogP contribution < -0.4 is 10.1 Å². The quantitative estimate of drug-likeness (QED) is 0.711. The van der Waals surface area contributed by atoms with Crippen LogP contribution in [0.3, 0.4) is 0 Å². The molecule has 0 saturated heterocycles. The molecule has 5 rings (SSSR count). The van der Waals surface area contributed by atoms with Gasteiger partial charge in [0.25, 0.3) is 11.8 Å². The number of hydrogen-bond donors (Lipinski definition) is 2. The Morgan fingerprint density at radius 2 is 2.00 bits per heavy atom. The Morgan fingerprint density at radius 1 is 1.12 bits per heavy atom. The average Bonchev–Trinajstić information content (AvgIpc) is 3.04. The van der Waals surface area contributed by atoms with Gasteiger partial charge in [-0.2, -0.15) is 0 Å². The lowest BCUT2D eigenvalue weighted by Gasteiger charge is -2.29. The molecule has 2 amide bonds. The van der Waals surface area contributed by atoms with Crippen molar-refractivity contribution in [2.45, 2.75) is 13.0 Å². The standard InChI is InChI=1S/C20H17N3O3/c24-18-11-26-19-14(5-3-7-16(19)22-18)20(25)23-9-8-13-12-4-1-2-6-15(12)21-17(13)10-23/h1-7,21H,8-11H2,(H,22,24). The summed E-state index contributed by atoms with van der Waals surface area (Å²) in [5.74, 6) is 0.171. The summed E-state index contributed by atoms with van der Waals surface area (Å²) in [4.78, 5) is 29.9. The fourth-order valence-corrected chi connectivity index (χ4v) is 3.82. The summed E-state index contributed by atoms with van der Waals surface area (Å²) in [5.41, 5.74) is 4.53. The number of carbonyl (C=O) groups is 2. The van der Waals surface area contributed by atoms with Crippen molar-refractivity contribution in [2.24, 2.45) is 0 Å². The van der Waals surface area contributed by atoms with E-state index in [1.807, 2.05) is 17.0 Å². The van der Waals surface area contributed by atoms with Crippen molar-refractivity contribution in [3.05, 3.63) is 59.3 Å². The molecule has 0 spiro atoms. The van der Waals surface area contributed by atoms with Crippen LogP contribution in [0.15, 0.2) is 42.5 Å². The molecule has 1 aromatic heterocycles. The molecule has 0 atom stereocenters. The fraction of sp³-hybridized carbons (Fsp3) is 0.200. The maximum absolute atomic E-state index is 13.1.